The Hall–Kier alpha value is -1.53. The Morgan fingerprint density at radius 1 is 1.15 bits per heavy atom. The molecule has 0 radical (unpaired) electrons. The van der Waals surface area contributed by atoms with E-state index in [1.807, 2.05) is 0 Å². The van der Waals surface area contributed by atoms with Crippen molar-refractivity contribution in [3.63, 3.8) is 0 Å². The van der Waals surface area contributed by atoms with Crippen molar-refractivity contribution < 1.29 is 13.2 Å². The minimum Gasteiger partial charge on any atom is -0.339 e. The largest absolute Gasteiger partial charge is 0.416 e. The van der Waals surface area contributed by atoms with Gasteiger partial charge in [-0.1, -0.05) is 23.2 Å². The van der Waals surface area contributed by atoms with Crippen LogP contribution in [-0.2, 0) is 6.18 Å². The summed E-state index contributed by atoms with van der Waals surface area (Å²) in [6, 6.07) is 3.02. The molecule has 0 saturated heterocycles. The molecule has 3 nitrogen and oxygen atoms in total. The standard InChI is InChI=1S/C12H8Cl2F3N3/c1-6-10(14)18-5-19-11(6)20-9-3-2-7(4-8(9)13)12(15,16)17/h2-5H,1H3,(H,18,19,20). The van der Waals surface area contributed by atoms with Gasteiger partial charge >= 0.3 is 6.18 Å². The normalized spacial score (nSPS) is 11.5. The molecule has 0 amide bonds. The van der Waals surface area contributed by atoms with E-state index < -0.39 is 11.7 Å². The lowest BCUT2D eigenvalue weighted by Crippen LogP contribution is -2.05. The molecule has 0 bridgehead atoms. The van der Waals surface area contributed by atoms with Crippen LogP contribution in [0, 0.1) is 6.92 Å². The fourth-order valence-electron chi connectivity index (χ4n) is 1.48. The van der Waals surface area contributed by atoms with E-state index in [9.17, 15) is 13.2 Å². The van der Waals surface area contributed by atoms with Gasteiger partial charge in [0.25, 0.3) is 0 Å². The van der Waals surface area contributed by atoms with E-state index in [1.165, 1.54) is 12.4 Å². The summed E-state index contributed by atoms with van der Waals surface area (Å²) in [7, 11) is 0. The Morgan fingerprint density at radius 3 is 2.45 bits per heavy atom. The number of benzene rings is 1. The van der Waals surface area contributed by atoms with Crippen LogP contribution in [0.1, 0.15) is 11.1 Å². The Labute approximate surface area is 122 Å². The predicted molar refractivity (Wildman–Crippen MR) is 71.5 cm³/mol. The molecule has 1 aromatic carbocycles. The van der Waals surface area contributed by atoms with Gasteiger partial charge in [-0.2, -0.15) is 13.2 Å². The molecule has 0 fully saturated rings. The summed E-state index contributed by atoms with van der Waals surface area (Å²) in [6.07, 6.45) is -3.19. The summed E-state index contributed by atoms with van der Waals surface area (Å²) in [5.41, 5.74) is 0.0631. The van der Waals surface area contributed by atoms with Gasteiger partial charge in [-0.05, 0) is 25.1 Å². The van der Waals surface area contributed by atoms with Crippen LogP contribution < -0.4 is 5.32 Å². The molecule has 0 saturated carbocycles. The van der Waals surface area contributed by atoms with E-state index in [0.29, 0.717) is 17.1 Å². The highest BCUT2D eigenvalue weighted by Crippen LogP contribution is 2.35. The summed E-state index contributed by atoms with van der Waals surface area (Å²) in [6.45, 7) is 1.68. The number of rotatable bonds is 2. The van der Waals surface area contributed by atoms with Crippen LogP contribution in [0.2, 0.25) is 10.2 Å². The lowest BCUT2D eigenvalue weighted by Gasteiger charge is -2.12. The molecule has 0 atom stereocenters. The molecule has 0 aliphatic heterocycles. The summed E-state index contributed by atoms with van der Waals surface area (Å²) >= 11 is 11.7. The molecule has 0 aliphatic carbocycles. The summed E-state index contributed by atoms with van der Waals surface area (Å²) in [5, 5.41) is 3.02. The molecule has 2 aromatic rings. The first-order valence-electron chi connectivity index (χ1n) is 5.40. The van der Waals surface area contributed by atoms with Gasteiger partial charge in [-0.3, -0.25) is 0 Å². The zero-order valence-corrected chi connectivity index (χ0v) is 11.6. The second-order valence-corrected chi connectivity index (χ2v) is 4.72. The highest BCUT2D eigenvalue weighted by molar-refractivity contribution is 6.33. The van der Waals surface area contributed by atoms with E-state index in [1.54, 1.807) is 6.92 Å². The first-order valence-corrected chi connectivity index (χ1v) is 6.15. The van der Waals surface area contributed by atoms with Crippen LogP contribution >= 0.6 is 23.2 Å². The van der Waals surface area contributed by atoms with Crippen molar-refractivity contribution in [3.8, 4) is 0 Å². The highest BCUT2D eigenvalue weighted by atomic mass is 35.5. The van der Waals surface area contributed by atoms with Crippen LogP contribution in [0.15, 0.2) is 24.5 Å². The number of nitrogens with zero attached hydrogens (tertiary/aromatic N) is 2. The maximum Gasteiger partial charge on any atom is 0.416 e. The number of hydrogen-bond acceptors (Lipinski definition) is 3. The van der Waals surface area contributed by atoms with Crippen LogP contribution in [0.4, 0.5) is 24.7 Å². The van der Waals surface area contributed by atoms with Crippen LogP contribution in [0.25, 0.3) is 0 Å². The van der Waals surface area contributed by atoms with Crippen molar-refractivity contribution in [2.75, 3.05) is 5.32 Å². The van der Waals surface area contributed by atoms with Gasteiger partial charge in [0.15, 0.2) is 0 Å². The molecule has 106 valence electrons. The molecule has 8 heteroatoms. The Kier molecular flexibility index (Phi) is 4.06. The van der Waals surface area contributed by atoms with E-state index in [4.69, 9.17) is 23.2 Å². The Balaban J connectivity index is 2.33. The zero-order chi connectivity index (χ0) is 14.9. The van der Waals surface area contributed by atoms with Crippen LogP contribution in [0.5, 0.6) is 0 Å². The fraction of sp³-hybridized carbons (Fsp3) is 0.167. The minimum absolute atomic E-state index is 0.0611. The lowest BCUT2D eigenvalue weighted by atomic mass is 10.2. The van der Waals surface area contributed by atoms with Gasteiger partial charge in [-0.15, -0.1) is 0 Å². The average molecular weight is 322 g/mol. The SMILES string of the molecule is Cc1c(Cl)ncnc1Nc1ccc(C(F)(F)F)cc1Cl. The van der Waals surface area contributed by atoms with E-state index in [-0.39, 0.29) is 10.2 Å². The quantitative estimate of drug-likeness (QED) is 0.803. The van der Waals surface area contributed by atoms with E-state index in [0.717, 1.165) is 12.1 Å². The minimum atomic E-state index is -4.43. The smallest absolute Gasteiger partial charge is 0.339 e. The topological polar surface area (TPSA) is 37.8 Å². The van der Waals surface area contributed by atoms with Crippen LogP contribution in [-0.4, -0.2) is 9.97 Å². The summed E-state index contributed by atoms with van der Waals surface area (Å²) < 4.78 is 37.6. The molecule has 1 N–H and O–H groups in total. The number of anilines is 2. The summed E-state index contributed by atoms with van der Waals surface area (Å²) in [5.74, 6) is 0.381. The first-order chi connectivity index (χ1) is 9.29. The number of hydrogen-bond donors (Lipinski definition) is 1. The van der Waals surface area contributed by atoms with Crippen molar-refractivity contribution >= 4 is 34.7 Å². The third kappa shape index (κ3) is 3.13. The molecule has 2 rings (SSSR count). The Morgan fingerprint density at radius 2 is 1.85 bits per heavy atom. The van der Waals surface area contributed by atoms with Crippen molar-refractivity contribution in [1.29, 1.82) is 0 Å². The second-order valence-electron chi connectivity index (χ2n) is 3.96. The van der Waals surface area contributed by atoms with Gasteiger partial charge < -0.3 is 5.32 Å². The second kappa shape index (κ2) is 5.46. The maximum atomic E-state index is 12.5. The van der Waals surface area contributed by atoms with E-state index >= 15 is 0 Å². The maximum absolute atomic E-state index is 12.5. The first kappa shape index (κ1) is 14.9. The molecular weight excluding hydrogens is 314 g/mol. The zero-order valence-electron chi connectivity index (χ0n) is 10.1. The molecule has 1 heterocycles. The number of nitrogens with one attached hydrogen (secondary N) is 1. The monoisotopic (exact) mass is 321 g/mol. The van der Waals surface area contributed by atoms with Crippen LogP contribution in [0.3, 0.4) is 0 Å². The highest BCUT2D eigenvalue weighted by Gasteiger charge is 2.30. The van der Waals surface area contributed by atoms with Gasteiger partial charge in [0.05, 0.1) is 16.3 Å². The Bertz CT molecular complexity index is 644. The molecule has 1 aromatic heterocycles. The van der Waals surface area contributed by atoms with Crippen molar-refractivity contribution in [2.45, 2.75) is 13.1 Å². The summed E-state index contributed by atoms with van der Waals surface area (Å²) in [4.78, 5) is 7.74. The average Bonchev–Trinajstić information content (AvgIpc) is 2.36. The van der Waals surface area contributed by atoms with E-state index in [2.05, 4.69) is 15.3 Å². The predicted octanol–water partition coefficient (Wildman–Crippen LogP) is 4.85. The fourth-order valence-corrected chi connectivity index (χ4v) is 1.84. The lowest BCUT2D eigenvalue weighted by molar-refractivity contribution is -0.137. The molecule has 0 spiro atoms. The van der Waals surface area contributed by atoms with Gasteiger partial charge in [-0.25, -0.2) is 9.97 Å². The number of alkyl halides is 3. The van der Waals surface area contributed by atoms with Gasteiger partial charge in [0, 0.05) is 5.56 Å². The van der Waals surface area contributed by atoms with Crippen molar-refractivity contribution in [1.82, 2.24) is 9.97 Å². The van der Waals surface area contributed by atoms with Gasteiger partial charge in [0.2, 0.25) is 0 Å². The number of halogens is 5. The molecule has 0 unspecified atom stereocenters. The number of aromatic nitrogens is 2. The molecule has 0 aliphatic rings. The third-order valence-electron chi connectivity index (χ3n) is 2.57. The molecule has 20 heavy (non-hydrogen) atoms. The van der Waals surface area contributed by atoms with Crippen molar-refractivity contribution in [3.05, 3.63) is 45.8 Å². The van der Waals surface area contributed by atoms with Crippen molar-refractivity contribution in [2.24, 2.45) is 0 Å². The van der Waals surface area contributed by atoms with Gasteiger partial charge in [0.1, 0.15) is 17.3 Å². The third-order valence-corrected chi connectivity index (χ3v) is 3.27. The molecular formula is C12H8Cl2F3N3.